The Morgan fingerprint density at radius 1 is 1.10 bits per heavy atom. The first-order chi connectivity index (χ1) is 9.77. The Labute approximate surface area is 114 Å². The molecule has 0 saturated heterocycles. The highest BCUT2D eigenvalue weighted by Gasteiger charge is 2.21. The first-order valence-electron chi connectivity index (χ1n) is 5.92. The van der Waals surface area contributed by atoms with Gasteiger partial charge in [0.25, 0.3) is 0 Å². The Bertz CT molecular complexity index is 738. The fourth-order valence-electron chi connectivity index (χ4n) is 1.94. The van der Waals surface area contributed by atoms with Gasteiger partial charge in [-0.2, -0.15) is 0 Å². The summed E-state index contributed by atoms with van der Waals surface area (Å²) in [6.07, 6.45) is 3.21. The number of rotatable bonds is 3. The smallest absolute Gasteiger partial charge is 0.358 e. The second kappa shape index (κ2) is 4.93. The van der Waals surface area contributed by atoms with Gasteiger partial charge in [-0.1, -0.05) is 23.4 Å². The van der Waals surface area contributed by atoms with Gasteiger partial charge in [0.2, 0.25) is 0 Å². The van der Waals surface area contributed by atoms with Crippen molar-refractivity contribution in [1.29, 1.82) is 0 Å². The summed E-state index contributed by atoms with van der Waals surface area (Å²) >= 11 is 0. The van der Waals surface area contributed by atoms with Crippen LogP contribution in [0, 0.1) is 0 Å². The number of aromatic carboxylic acids is 1. The van der Waals surface area contributed by atoms with E-state index in [-0.39, 0.29) is 5.69 Å². The summed E-state index contributed by atoms with van der Waals surface area (Å²) in [5, 5.41) is 16.9. The van der Waals surface area contributed by atoms with E-state index >= 15 is 0 Å². The summed E-state index contributed by atoms with van der Waals surface area (Å²) in [4.78, 5) is 15.3. The summed E-state index contributed by atoms with van der Waals surface area (Å²) < 4.78 is 1.50. The van der Waals surface area contributed by atoms with Crippen molar-refractivity contribution < 1.29 is 9.90 Å². The van der Waals surface area contributed by atoms with Gasteiger partial charge in [0.05, 0.1) is 5.69 Å². The zero-order valence-corrected chi connectivity index (χ0v) is 10.3. The first-order valence-corrected chi connectivity index (χ1v) is 5.92. The predicted molar refractivity (Wildman–Crippen MR) is 71.5 cm³/mol. The van der Waals surface area contributed by atoms with Crippen LogP contribution in [0.25, 0.3) is 16.9 Å². The summed E-state index contributed by atoms with van der Waals surface area (Å²) in [6, 6.07) is 12.8. The van der Waals surface area contributed by atoms with Gasteiger partial charge in [-0.15, -0.1) is 5.10 Å². The summed E-state index contributed by atoms with van der Waals surface area (Å²) in [7, 11) is 0. The molecule has 1 aromatic carbocycles. The average Bonchev–Trinajstić information content (AvgIpc) is 2.94. The van der Waals surface area contributed by atoms with Gasteiger partial charge in [0.1, 0.15) is 5.69 Å². The van der Waals surface area contributed by atoms with Gasteiger partial charge < -0.3 is 5.11 Å². The van der Waals surface area contributed by atoms with E-state index in [9.17, 15) is 9.90 Å². The van der Waals surface area contributed by atoms with Crippen LogP contribution in [-0.4, -0.2) is 31.1 Å². The Morgan fingerprint density at radius 2 is 1.90 bits per heavy atom. The lowest BCUT2D eigenvalue weighted by atomic mass is 10.1. The van der Waals surface area contributed by atoms with Gasteiger partial charge >= 0.3 is 5.97 Å². The number of pyridine rings is 1. The van der Waals surface area contributed by atoms with Crippen LogP contribution in [0.5, 0.6) is 0 Å². The molecule has 3 rings (SSSR count). The average molecular weight is 266 g/mol. The number of carbonyl (C=O) groups is 1. The zero-order chi connectivity index (χ0) is 13.9. The summed E-state index contributed by atoms with van der Waals surface area (Å²) in [5.41, 5.74) is 1.71. The third kappa shape index (κ3) is 2.03. The standard InChI is InChI=1S/C14H10N4O2/c19-14(20)12-13(10-5-4-8-15-9-10)18(17-16-12)11-6-2-1-3-7-11/h1-9H,(H,19,20). The molecule has 6 heteroatoms. The van der Waals surface area contributed by atoms with E-state index in [1.54, 1.807) is 24.5 Å². The molecular formula is C14H10N4O2. The maximum Gasteiger partial charge on any atom is 0.358 e. The molecule has 1 N–H and O–H groups in total. The molecule has 0 aliphatic heterocycles. The van der Waals surface area contributed by atoms with Crippen molar-refractivity contribution in [3.8, 4) is 16.9 Å². The highest BCUT2D eigenvalue weighted by molar-refractivity contribution is 5.92. The van der Waals surface area contributed by atoms with Gasteiger partial charge in [0.15, 0.2) is 5.69 Å². The highest BCUT2D eigenvalue weighted by Crippen LogP contribution is 2.24. The molecule has 0 saturated carbocycles. The number of hydrogen-bond donors (Lipinski definition) is 1. The van der Waals surface area contributed by atoms with Crippen molar-refractivity contribution in [3.63, 3.8) is 0 Å². The SMILES string of the molecule is O=C(O)c1nnn(-c2ccccc2)c1-c1cccnc1. The van der Waals surface area contributed by atoms with Crippen molar-refractivity contribution in [2.75, 3.05) is 0 Å². The van der Waals surface area contributed by atoms with E-state index in [4.69, 9.17) is 0 Å². The van der Waals surface area contributed by atoms with Gasteiger partial charge in [0, 0.05) is 18.0 Å². The molecule has 0 aliphatic rings. The van der Waals surface area contributed by atoms with E-state index in [1.807, 2.05) is 30.3 Å². The molecule has 0 unspecified atom stereocenters. The molecule has 0 amide bonds. The van der Waals surface area contributed by atoms with Crippen LogP contribution in [0.1, 0.15) is 10.5 Å². The lowest BCUT2D eigenvalue weighted by Crippen LogP contribution is -2.03. The number of para-hydroxylation sites is 1. The largest absolute Gasteiger partial charge is 0.476 e. The molecule has 0 bridgehead atoms. The van der Waals surface area contributed by atoms with Crippen LogP contribution < -0.4 is 0 Å². The predicted octanol–water partition coefficient (Wildman–Crippen LogP) is 2.03. The molecular weight excluding hydrogens is 256 g/mol. The monoisotopic (exact) mass is 266 g/mol. The summed E-state index contributed by atoms with van der Waals surface area (Å²) in [5.74, 6) is -1.12. The van der Waals surface area contributed by atoms with Gasteiger partial charge in [-0.25, -0.2) is 9.48 Å². The van der Waals surface area contributed by atoms with Gasteiger partial charge in [-0.3, -0.25) is 4.98 Å². The molecule has 3 aromatic rings. The number of aromatic nitrogens is 4. The molecule has 0 radical (unpaired) electrons. The molecule has 2 aromatic heterocycles. The van der Waals surface area contributed by atoms with Crippen molar-refractivity contribution in [2.24, 2.45) is 0 Å². The van der Waals surface area contributed by atoms with E-state index in [0.29, 0.717) is 11.3 Å². The minimum Gasteiger partial charge on any atom is -0.476 e. The Hall–Kier alpha value is -3.02. The molecule has 0 atom stereocenters. The van der Waals surface area contributed by atoms with Gasteiger partial charge in [-0.05, 0) is 24.3 Å². The number of benzene rings is 1. The first kappa shape index (κ1) is 12.0. The number of hydrogen-bond acceptors (Lipinski definition) is 4. The number of nitrogens with zero attached hydrogens (tertiary/aromatic N) is 4. The van der Waals surface area contributed by atoms with E-state index in [2.05, 4.69) is 15.3 Å². The molecule has 0 spiro atoms. The van der Waals surface area contributed by atoms with Crippen molar-refractivity contribution in [3.05, 3.63) is 60.6 Å². The topological polar surface area (TPSA) is 80.9 Å². The number of carboxylic acid groups (broad SMARTS) is 1. The minimum absolute atomic E-state index is 0.0955. The van der Waals surface area contributed by atoms with Crippen LogP contribution in [0.3, 0.4) is 0 Å². The van der Waals surface area contributed by atoms with Crippen LogP contribution >= 0.6 is 0 Å². The second-order valence-corrected chi connectivity index (χ2v) is 4.08. The molecule has 0 aliphatic carbocycles. The van der Waals surface area contributed by atoms with Crippen LogP contribution in [-0.2, 0) is 0 Å². The molecule has 98 valence electrons. The molecule has 2 heterocycles. The van der Waals surface area contributed by atoms with Crippen molar-refractivity contribution in [1.82, 2.24) is 20.0 Å². The third-order valence-corrected chi connectivity index (χ3v) is 2.81. The van der Waals surface area contributed by atoms with E-state index < -0.39 is 5.97 Å². The Balaban J connectivity index is 2.25. The second-order valence-electron chi connectivity index (χ2n) is 4.08. The highest BCUT2D eigenvalue weighted by atomic mass is 16.4. The van der Waals surface area contributed by atoms with Crippen molar-refractivity contribution in [2.45, 2.75) is 0 Å². The van der Waals surface area contributed by atoms with Crippen LogP contribution in [0.4, 0.5) is 0 Å². The maximum atomic E-state index is 11.3. The van der Waals surface area contributed by atoms with Crippen LogP contribution in [0.2, 0.25) is 0 Å². The van der Waals surface area contributed by atoms with Crippen LogP contribution in [0.15, 0.2) is 54.9 Å². The molecule has 6 nitrogen and oxygen atoms in total. The lowest BCUT2D eigenvalue weighted by Gasteiger charge is -2.06. The van der Waals surface area contributed by atoms with E-state index in [0.717, 1.165) is 5.69 Å². The number of carboxylic acids is 1. The quantitative estimate of drug-likeness (QED) is 0.784. The lowest BCUT2D eigenvalue weighted by molar-refractivity contribution is 0.0691. The molecule has 20 heavy (non-hydrogen) atoms. The Kier molecular flexibility index (Phi) is 2.96. The fraction of sp³-hybridized carbons (Fsp3) is 0. The third-order valence-electron chi connectivity index (χ3n) is 2.81. The maximum absolute atomic E-state index is 11.3. The molecule has 0 fully saturated rings. The summed E-state index contributed by atoms with van der Waals surface area (Å²) in [6.45, 7) is 0. The minimum atomic E-state index is -1.12. The zero-order valence-electron chi connectivity index (χ0n) is 10.3. The Morgan fingerprint density at radius 3 is 2.55 bits per heavy atom. The fourth-order valence-corrected chi connectivity index (χ4v) is 1.94. The van der Waals surface area contributed by atoms with E-state index in [1.165, 1.54) is 4.68 Å². The van der Waals surface area contributed by atoms with Crippen molar-refractivity contribution >= 4 is 5.97 Å². The normalized spacial score (nSPS) is 10.4.